The van der Waals surface area contributed by atoms with Crippen LogP contribution in [0.3, 0.4) is 0 Å². The average molecular weight is 663 g/mol. The van der Waals surface area contributed by atoms with Gasteiger partial charge in [-0.1, -0.05) is 130 Å². The Morgan fingerprint density at radius 3 is 1.90 bits per heavy atom. The van der Waals surface area contributed by atoms with Crippen molar-refractivity contribution in [2.75, 3.05) is 20.6 Å². The summed E-state index contributed by atoms with van der Waals surface area (Å²) in [4.78, 5) is 3.60. The lowest BCUT2D eigenvalue weighted by Gasteiger charge is -2.41. The van der Waals surface area contributed by atoms with Gasteiger partial charge in [-0.2, -0.15) is 0 Å². The maximum absolute atomic E-state index is 4.49. The highest BCUT2D eigenvalue weighted by atomic mass is 15.4. The van der Waals surface area contributed by atoms with Crippen LogP contribution >= 0.6 is 0 Å². The number of likely N-dealkylation sites (N-methyl/N-ethyl adjacent to an activating group) is 1. The van der Waals surface area contributed by atoms with Gasteiger partial charge in [0.15, 0.2) is 0 Å². The van der Waals surface area contributed by atoms with Crippen molar-refractivity contribution in [3.8, 4) is 11.3 Å². The second-order valence-corrected chi connectivity index (χ2v) is 12.9. The van der Waals surface area contributed by atoms with Crippen LogP contribution in [0.4, 0.5) is 0 Å². The summed E-state index contributed by atoms with van der Waals surface area (Å²) in [6.45, 7) is 39.0. The lowest BCUT2D eigenvalue weighted by molar-refractivity contribution is -0.888. The Morgan fingerprint density at radius 2 is 1.44 bits per heavy atom. The van der Waals surface area contributed by atoms with Gasteiger partial charge in [-0.05, 0) is 83.3 Å². The second kappa shape index (κ2) is 24.5. The summed E-state index contributed by atoms with van der Waals surface area (Å²) < 4.78 is 0.981. The van der Waals surface area contributed by atoms with E-state index in [1.54, 1.807) is 0 Å². The molecular formula is C45H80N3+. The minimum atomic E-state index is 0.465. The fraction of sp³-hybridized carbons (Fsp3) is 0.600. The van der Waals surface area contributed by atoms with Crippen LogP contribution in [0, 0.1) is 27.7 Å². The van der Waals surface area contributed by atoms with Gasteiger partial charge >= 0.3 is 0 Å². The van der Waals surface area contributed by atoms with Crippen molar-refractivity contribution in [3.63, 3.8) is 0 Å². The molecule has 0 amide bonds. The highest BCUT2D eigenvalue weighted by molar-refractivity contribution is 5.92. The molecule has 3 nitrogen and oxygen atoms in total. The lowest BCUT2D eigenvalue weighted by atomic mass is 9.99. The van der Waals surface area contributed by atoms with Crippen LogP contribution in [0.1, 0.15) is 144 Å². The summed E-state index contributed by atoms with van der Waals surface area (Å²) in [5.41, 5.74) is 12.2. The number of nitrogens with zero attached hydrogens (tertiary/aromatic N) is 1. The number of rotatable bonds is 11. The van der Waals surface area contributed by atoms with Gasteiger partial charge in [0.05, 0.1) is 14.1 Å². The number of aromatic nitrogens is 1. The van der Waals surface area contributed by atoms with Gasteiger partial charge in [0, 0.05) is 47.5 Å². The highest BCUT2D eigenvalue weighted by Crippen LogP contribution is 2.51. The van der Waals surface area contributed by atoms with Crippen LogP contribution in [0.2, 0.25) is 0 Å². The standard InChI is InChI=1S/C19H37N2.C18H19N.4C2H6/c1-8-10-12-19(13-14-19)21(6,7)17(5)18(9-2)11-15-20-16(3)4;1-11-5-7-15(8-6-11)18-14(4)16-10-12(2)9-13(3)17(16)19-18;4*1-2/h9,16,20H,5,8,10-15H2,1-4,6-7H3;5-10,19H,1-4H3;4*1-2H3/q+1;;;;;/b18-9+;;;;;. The first kappa shape index (κ1) is 47.5. The third-order valence-electron chi connectivity index (χ3n) is 9.20. The summed E-state index contributed by atoms with van der Waals surface area (Å²) in [6.07, 6.45) is 10.1. The van der Waals surface area contributed by atoms with Crippen LogP contribution in [0.5, 0.6) is 0 Å². The third kappa shape index (κ3) is 13.4. The SMILES string of the molecule is C=C(/C(=C/C)CCNC(C)C)[N+](C)(C)C1(CCCC)CC1.CC.CC.CC.CC.Cc1ccc(-c2[nH]c3c(C)cc(C)cc3c2C)cc1. The number of hydrogen-bond donors (Lipinski definition) is 2. The summed E-state index contributed by atoms with van der Waals surface area (Å²) in [5, 5.41) is 4.86. The van der Waals surface area contributed by atoms with Gasteiger partial charge in [-0.3, -0.25) is 4.48 Å². The van der Waals surface area contributed by atoms with Gasteiger partial charge in [0.2, 0.25) is 0 Å². The van der Waals surface area contributed by atoms with E-state index in [1.807, 2.05) is 55.4 Å². The van der Waals surface area contributed by atoms with Crippen molar-refractivity contribution >= 4 is 10.9 Å². The number of benzene rings is 2. The molecule has 3 heteroatoms. The number of quaternary nitrogens is 1. The molecule has 48 heavy (non-hydrogen) atoms. The molecule has 0 unspecified atom stereocenters. The molecule has 0 saturated heterocycles. The van der Waals surface area contributed by atoms with E-state index in [4.69, 9.17) is 0 Å². The third-order valence-corrected chi connectivity index (χ3v) is 9.20. The van der Waals surface area contributed by atoms with E-state index >= 15 is 0 Å². The molecule has 2 N–H and O–H groups in total. The minimum absolute atomic E-state index is 0.465. The van der Waals surface area contributed by atoms with Gasteiger partial charge in [-0.25, -0.2) is 0 Å². The molecule has 0 radical (unpaired) electrons. The molecule has 1 aliphatic carbocycles. The number of nitrogens with one attached hydrogen (secondary N) is 2. The van der Waals surface area contributed by atoms with Crippen molar-refractivity contribution in [2.24, 2.45) is 0 Å². The molecule has 1 heterocycles. The van der Waals surface area contributed by atoms with Crippen LogP contribution in [-0.2, 0) is 0 Å². The number of fused-ring (bicyclic) bond motifs is 1. The molecule has 0 atom stereocenters. The predicted molar refractivity (Wildman–Crippen MR) is 222 cm³/mol. The molecule has 1 aliphatic rings. The van der Waals surface area contributed by atoms with Crippen LogP contribution in [-0.4, -0.2) is 41.7 Å². The topological polar surface area (TPSA) is 27.8 Å². The first-order chi connectivity index (χ1) is 22.9. The van der Waals surface area contributed by atoms with E-state index in [0.717, 1.165) is 17.4 Å². The quantitative estimate of drug-likeness (QED) is 0.155. The molecule has 1 saturated carbocycles. The fourth-order valence-corrected chi connectivity index (χ4v) is 6.13. The Labute approximate surface area is 300 Å². The Kier molecular flexibility index (Phi) is 24.2. The van der Waals surface area contributed by atoms with E-state index in [2.05, 4.69) is 129 Å². The molecule has 0 aliphatic heterocycles. The van der Waals surface area contributed by atoms with Gasteiger partial charge < -0.3 is 10.3 Å². The normalized spacial score (nSPS) is 12.9. The number of hydrogen-bond acceptors (Lipinski definition) is 1. The molecule has 1 aromatic heterocycles. The average Bonchev–Trinajstić information content (AvgIpc) is 3.84. The fourth-order valence-electron chi connectivity index (χ4n) is 6.13. The zero-order valence-electron chi connectivity index (χ0n) is 35.2. The summed E-state index contributed by atoms with van der Waals surface area (Å²) >= 11 is 0. The molecule has 2 aromatic carbocycles. The largest absolute Gasteiger partial charge is 0.354 e. The zero-order valence-corrected chi connectivity index (χ0v) is 35.2. The predicted octanol–water partition coefficient (Wildman–Crippen LogP) is 13.8. The molecule has 0 spiro atoms. The van der Waals surface area contributed by atoms with Crippen LogP contribution in [0.25, 0.3) is 22.2 Å². The van der Waals surface area contributed by atoms with E-state index in [1.165, 1.54) is 87.8 Å². The molecular weight excluding hydrogens is 583 g/mol. The lowest BCUT2D eigenvalue weighted by Crippen LogP contribution is -2.50. The first-order valence-electron chi connectivity index (χ1n) is 19.5. The summed E-state index contributed by atoms with van der Waals surface area (Å²) in [5.74, 6) is 0. The Balaban J connectivity index is 0. The zero-order chi connectivity index (χ0) is 37.7. The smallest absolute Gasteiger partial charge is 0.128 e. The Morgan fingerprint density at radius 1 is 0.896 bits per heavy atom. The highest BCUT2D eigenvalue weighted by Gasteiger charge is 2.57. The number of H-pyrrole nitrogens is 1. The number of allylic oxidation sites excluding steroid dienone is 2. The Hall–Kier alpha value is -2.62. The van der Waals surface area contributed by atoms with Crippen molar-refractivity contribution in [2.45, 2.75) is 161 Å². The van der Waals surface area contributed by atoms with Crippen molar-refractivity contribution < 1.29 is 4.48 Å². The molecule has 4 rings (SSSR count). The maximum atomic E-state index is 4.49. The van der Waals surface area contributed by atoms with Gasteiger partial charge in [0.1, 0.15) is 11.2 Å². The van der Waals surface area contributed by atoms with E-state index in [-0.39, 0.29) is 0 Å². The van der Waals surface area contributed by atoms with Crippen LogP contribution in [0.15, 0.2) is 60.3 Å². The van der Waals surface area contributed by atoms with Crippen molar-refractivity contribution in [1.82, 2.24) is 10.3 Å². The first-order valence-corrected chi connectivity index (χ1v) is 19.5. The van der Waals surface area contributed by atoms with E-state index in [0.29, 0.717) is 11.6 Å². The number of unbranched alkanes of at least 4 members (excludes halogenated alkanes) is 1. The van der Waals surface area contributed by atoms with Gasteiger partial charge in [0.25, 0.3) is 0 Å². The van der Waals surface area contributed by atoms with Gasteiger partial charge in [-0.15, -0.1) is 0 Å². The van der Waals surface area contributed by atoms with Crippen molar-refractivity contribution in [1.29, 1.82) is 0 Å². The maximum Gasteiger partial charge on any atom is 0.128 e. The molecule has 274 valence electrons. The summed E-state index contributed by atoms with van der Waals surface area (Å²) in [6, 6.07) is 13.8. The van der Waals surface area contributed by atoms with E-state index in [9.17, 15) is 0 Å². The molecule has 3 aromatic rings. The Bertz CT molecular complexity index is 1310. The van der Waals surface area contributed by atoms with E-state index < -0.39 is 0 Å². The monoisotopic (exact) mass is 663 g/mol. The second-order valence-electron chi connectivity index (χ2n) is 12.9. The van der Waals surface area contributed by atoms with Crippen molar-refractivity contribution in [3.05, 3.63) is 82.6 Å². The minimum Gasteiger partial charge on any atom is -0.354 e. The van der Waals surface area contributed by atoms with Crippen LogP contribution < -0.4 is 5.32 Å². The summed E-state index contributed by atoms with van der Waals surface area (Å²) in [7, 11) is 4.73. The number of aryl methyl sites for hydroxylation is 4. The molecule has 0 bridgehead atoms. The number of aromatic amines is 1. The molecule has 1 fully saturated rings.